The molecule has 0 aromatic rings. The van der Waals surface area contributed by atoms with Crippen LogP contribution in [0.15, 0.2) is 97.2 Å². The van der Waals surface area contributed by atoms with E-state index in [0.29, 0.717) is 23.9 Å². The Hall–Kier alpha value is -3.07. The molecule has 0 aliphatic rings. The number of amides is 1. The first-order valence-corrected chi connectivity index (χ1v) is 28.0. The smallest absolute Gasteiger partial charge is 0.306 e. The zero-order chi connectivity index (χ0) is 49.4. The SMILES string of the molecule is CC/C=C\C/C=C\C/C=C\C/C=C\C/C=C\CCCC(=O)OC(/C=C/CCCCCCCCCCC)C(COP(=O)([O-])OCC[N+](C)(C)C)NC(=O)CC/C=C/C/C=C\CCCCCCCC. The molecular weight excluding hydrogens is 856 g/mol. The van der Waals surface area contributed by atoms with Crippen LogP contribution in [0, 0.1) is 0 Å². The van der Waals surface area contributed by atoms with Crippen LogP contribution in [0.3, 0.4) is 0 Å². The number of quaternary nitrogens is 1. The lowest BCUT2D eigenvalue weighted by Gasteiger charge is -2.30. The molecule has 1 N–H and O–H groups in total. The van der Waals surface area contributed by atoms with Gasteiger partial charge in [0.1, 0.15) is 19.3 Å². The minimum absolute atomic E-state index is 0.0448. The van der Waals surface area contributed by atoms with E-state index in [1.54, 1.807) is 6.08 Å². The van der Waals surface area contributed by atoms with Crippen molar-refractivity contribution in [3.8, 4) is 0 Å². The number of carbonyl (C=O) groups is 2. The molecule has 0 rings (SSSR count). The number of nitrogens with zero attached hydrogens (tertiary/aromatic N) is 1. The van der Waals surface area contributed by atoms with E-state index in [1.165, 1.54) is 83.5 Å². The third-order valence-corrected chi connectivity index (χ3v) is 12.0. The van der Waals surface area contributed by atoms with Gasteiger partial charge in [-0.2, -0.15) is 0 Å². The van der Waals surface area contributed by atoms with E-state index in [0.717, 1.165) is 70.6 Å². The van der Waals surface area contributed by atoms with Crippen molar-refractivity contribution < 1.29 is 37.3 Å². The summed E-state index contributed by atoms with van der Waals surface area (Å²) in [6.07, 6.45) is 61.2. The average Bonchev–Trinajstić information content (AvgIpc) is 3.28. The van der Waals surface area contributed by atoms with E-state index in [9.17, 15) is 19.0 Å². The average molecular weight is 955 g/mol. The lowest BCUT2D eigenvalue weighted by Crippen LogP contribution is -2.47. The zero-order valence-corrected chi connectivity index (χ0v) is 44.5. The lowest BCUT2D eigenvalue weighted by molar-refractivity contribution is -0.870. The number of phosphoric acid groups is 1. The van der Waals surface area contributed by atoms with Crippen molar-refractivity contribution in [1.29, 1.82) is 0 Å². The first-order valence-electron chi connectivity index (χ1n) is 26.5. The highest BCUT2D eigenvalue weighted by atomic mass is 31.2. The monoisotopic (exact) mass is 955 g/mol. The normalized spacial score (nSPS) is 14.7. The van der Waals surface area contributed by atoms with E-state index in [2.05, 4.69) is 105 Å². The molecule has 0 aromatic heterocycles. The standard InChI is InChI=1S/C57H99N2O7P/c1-7-10-13-16-19-22-25-27-28-29-30-32-35-38-41-44-47-50-57(61)66-55(48-45-42-39-36-33-24-21-18-15-12-9-3)54(53-65-67(62,63)64-52-51-59(4,5)6)58-56(60)49-46-43-40-37-34-31-26-23-20-17-14-11-8-2/h10,13,19,22,27-28,30-32,34,38,40-41,43,45,48,54-55H,7-9,11-12,14-18,20-21,23-26,29,33,35-37,39,42,44,46-47,49-53H2,1-6H3,(H-,58,60,62,63)/b13-10-,22-19-,28-27-,32-30-,34-31-,41-38-,43-40+,48-45+. The Balaban J connectivity index is 5.57. The predicted molar refractivity (Wildman–Crippen MR) is 284 cm³/mol. The van der Waals surface area contributed by atoms with Crippen molar-refractivity contribution in [3.05, 3.63) is 97.2 Å². The molecule has 0 aliphatic heterocycles. The molecule has 0 spiro atoms. The molecule has 0 bridgehead atoms. The molecule has 0 saturated heterocycles. The summed E-state index contributed by atoms with van der Waals surface area (Å²) in [4.78, 5) is 39.6. The molecule has 1 amide bonds. The largest absolute Gasteiger partial charge is 0.756 e. The number of ether oxygens (including phenoxy) is 1. The number of carbonyl (C=O) groups excluding carboxylic acids is 2. The van der Waals surface area contributed by atoms with Gasteiger partial charge in [-0.05, 0) is 89.5 Å². The number of rotatable bonds is 46. The predicted octanol–water partition coefficient (Wildman–Crippen LogP) is 15.0. The molecule has 9 nitrogen and oxygen atoms in total. The summed E-state index contributed by atoms with van der Waals surface area (Å²) in [5.41, 5.74) is 0. The van der Waals surface area contributed by atoms with Crippen LogP contribution >= 0.6 is 7.82 Å². The van der Waals surface area contributed by atoms with Gasteiger partial charge in [0.2, 0.25) is 5.91 Å². The Kier molecular flexibility index (Phi) is 44.5. The quantitative estimate of drug-likeness (QED) is 0.0212. The molecule has 0 aromatic carbocycles. The second-order valence-corrected chi connectivity index (χ2v) is 20.0. The number of hydrogen-bond donors (Lipinski definition) is 1. The fraction of sp³-hybridized carbons (Fsp3) is 0.684. The third kappa shape index (κ3) is 47.8. The maximum atomic E-state index is 13.4. The highest BCUT2D eigenvalue weighted by molar-refractivity contribution is 7.45. The fourth-order valence-corrected chi connectivity index (χ4v) is 7.62. The van der Waals surface area contributed by atoms with Gasteiger partial charge in [-0.15, -0.1) is 0 Å². The molecule has 0 aliphatic carbocycles. The van der Waals surface area contributed by atoms with E-state index < -0.39 is 32.5 Å². The zero-order valence-electron chi connectivity index (χ0n) is 43.6. The summed E-state index contributed by atoms with van der Waals surface area (Å²) in [5, 5.41) is 2.95. The molecular formula is C57H99N2O7P. The van der Waals surface area contributed by atoms with Crippen LogP contribution in [-0.4, -0.2) is 69.4 Å². The maximum Gasteiger partial charge on any atom is 0.306 e. The van der Waals surface area contributed by atoms with Gasteiger partial charge in [-0.25, -0.2) is 0 Å². The first-order chi connectivity index (χ1) is 32.4. The minimum Gasteiger partial charge on any atom is -0.756 e. The first kappa shape index (κ1) is 63.9. The van der Waals surface area contributed by atoms with Gasteiger partial charge in [0.05, 0.1) is 33.8 Å². The topological polar surface area (TPSA) is 114 Å². The lowest BCUT2D eigenvalue weighted by atomic mass is 10.1. The van der Waals surface area contributed by atoms with Crippen LogP contribution in [0.5, 0.6) is 0 Å². The van der Waals surface area contributed by atoms with Gasteiger partial charge in [0.25, 0.3) is 7.82 Å². The van der Waals surface area contributed by atoms with Gasteiger partial charge < -0.3 is 28.5 Å². The molecule has 67 heavy (non-hydrogen) atoms. The summed E-state index contributed by atoms with van der Waals surface area (Å²) in [6.45, 7) is 6.59. The second-order valence-electron chi connectivity index (χ2n) is 18.6. The number of allylic oxidation sites excluding steroid dienone is 15. The summed E-state index contributed by atoms with van der Waals surface area (Å²) >= 11 is 0. The molecule has 3 atom stereocenters. The molecule has 0 radical (unpaired) electrons. The van der Waals surface area contributed by atoms with E-state index in [4.69, 9.17) is 13.8 Å². The van der Waals surface area contributed by atoms with Gasteiger partial charge >= 0.3 is 5.97 Å². The highest BCUT2D eigenvalue weighted by Gasteiger charge is 2.27. The van der Waals surface area contributed by atoms with Crippen molar-refractivity contribution in [3.63, 3.8) is 0 Å². The van der Waals surface area contributed by atoms with Gasteiger partial charge in [0.15, 0.2) is 0 Å². The molecule has 384 valence electrons. The van der Waals surface area contributed by atoms with E-state index >= 15 is 0 Å². The van der Waals surface area contributed by atoms with Crippen molar-refractivity contribution >= 4 is 19.7 Å². The Labute approximate surface area is 411 Å². The fourth-order valence-electron chi connectivity index (χ4n) is 6.90. The highest BCUT2D eigenvalue weighted by Crippen LogP contribution is 2.38. The minimum atomic E-state index is -4.72. The summed E-state index contributed by atoms with van der Waals surface area (Å²) < 4.78 is 30.0. The van der Waals surface area contributed by atoms with Gasteiger partial charge in [-0.1, -0.05) is 195 Å². The number of nitrogens with one attached hydrogen (secondary N) is 1. The van der Waals surface area contributed by atoms with Crippen molar-refractivity contribution in [2.45, 2.75) is 213 Å². The number of unbranched alkanes of at least 4 members (excludes halogenated alkanes) is 16. The van der Waals surface area contributed by atoms with Crippen LogP contribution in [0.1, 0.15) is 201 Å². The molecule has 0 fully saturated rings. The van der Waals surface area contributed by atoms with E-state index in [-0.39, 0.29) is 25.4 Å². The van der Waals surface area contributed by atoms with Crippen LogP contribution in [0.25, 0.3) is 0 Å². The van der Waals surface area contributed by atoms with Crippen LogP contribution in [-0.2, 0) is 27.9 Å². The summed E-state index contributed by atoms with van der Waals surface area (Å²) in [6, 6.07) is -0.944. The third-order valence-electron chi connectivity index (χ3n) is 11.0. The Morgan fingerprint density at radius 1 is 0.537 bits per heavy atom. The number of phosphoric ester groups is 1. The van der Waals surface area contributed by atoms with Crippen LogP contribution < -0.4 is 10.2 Å². The Morgan fingerprint density at radius 2 is 0.970 bits per heavy atom. The van der Waals surface area contributed by atoms with Gasteiger partial charge in [-0.3, -0.25) is 14.2 Å². The Morgan fingerprint density at radius 3 is 1.46 bits per heavy atom. The van der Waals surface area contributed by atoms with E-state index in [1.807, 2.05) is 33.3 Å². The molecule has 10 heteroatoms. The van der Waals surface area contributed by atoms with Crippen LogP contribution in [0.4, 0.5) is 0 Å². The summed E-state index contributed by atoms with van der Waals surface area (Å²) in [7, 11) is 1.11. The Bertz CT molecular complexity index is 1470. The number of likely N-dealkylation sites (N-methyl/N-ethyl adjacent to an activating group) is 1. The van der Waals surface area contributed by atoms with Gasteiger partial charge in [0, 0.05) is 12.8 Å². The maximum absolute atomic E-state index is 13.4. The van der Waals surface area contributed by atoms with Crippen molar-refractivity contribution in [2.75, 3.05) is 40.9 Å². The van der Waals surface area contributed by atoms with Crippen LogP contribution in [0.2, 0.25) is 0 Å². The van der Waals surface area contributed by atoms with Crippen molar-refractivity contribution in [2.24, 2.45) is 0 Å². The summed E-state index contributed by atoms with van der Waals surface area (Å²) in [5.74, 6) is -0.698. The number of esters is 1. The molecule has 3 unspecified atom stereocenters. The second kappa shape index (κ2) is 46.6. The number of hydrogen-bond acceptors (Lipinski definition) is 7. The molecule has 0 saturated carbocycles. The van der Waals surface area contributed by atoms with Crippen molar-refractivity contribution in [1.82, 2.24) is 5.32 Å². The molecule has 0 heterocycles.